The average molecular weight is 348 g/mol. The molecular formula is C18H22F2N4O. The first-order chi connectivity index (χ1) is 11.9. The lowest BCUT2D eigenvalue weighted by atomic mass is 9.93. The number of anilines is 1. The van der Waals surface area contributed by atoms with Crippen LogP contribution in [0.2, 0.25) is 0 Å². The van der Waals surface area contributed by atoms with E-state index in [1.54, 1.807) is 17.0 Å². The van der Waals surface area contributed by atoms with E-state index in [1.807, 2.05) is 14.1 Å². The quantitative estimate of drug-likeness (QED) is 0.922. The second-order valence-corrected chi connectivity index (χ2v) is 6.69. The van der Waals surface area contributed by atoms with E-state index >= 15 is 0 Å². The van der Waals surface area contributed by atoms with Gasteiger partial charge in [-0.3, -0.25) is 14.7 Å². The Morgan fingerprint density at radius 2 is 1.92 bits per heavy atom. The molecule has 0 saturated carbocycles. The lowest BCUT2D eigenvalue weighted by molar-refractivity contribution is 0.203. The van der Waals surface area contributed by atoms with Crippen molar-refractivity contribution in [2.24, 2.45) is 0 Å². The molecule has 7 heteroatoms. The molecule has 0 radical (unpaired) electrons. The van der Waals surface area contributed by atoms with Crippen LogP contribution in [-0.4, -0.2) is 42.1 Å². The standard InChI is InChI=1S/C18H22F2N4O/c1-23(2)18-21-16(10-17(25)22-18)13-5-7-24(8-6-13)11-12-3-4-14(19)15(20)9-12/h3-4,9-10,13H,5-8,11H2,1-2H3,(H,21,22,25). The number of hydrogen-bond donors (Lipinski definition) is 1. The summed E-state index contributed by atoms with van der Waals surface area (Å²) >= 11 is 0. The van der Waals surface area contributed by atoms with Gasteiger partial charge in [0.25, 0.3) is 5.56 Å². The summed E-state index contributed by atoms with van der Waals surface area (Å²) in [6.45, 7) is 2.25. The minimum Gasteiger partial charge on any atom is -0.348 e. The second-order valence-electron chi connectivity index (χ2n) is 6.69. The maximum absolute atomic E-state index is 13.3. The summed E-state index contributed by atoms with van der Waals surface area (Å²) in [5.74, 6) is -0.829. The lowest BCUT2D eigenvalue weighted by Gasteiger charge is -2.31. The van der Waals surface area contributed by atoms with E-state index in [0.29, 0.717) is 12.5 Å². The molecule has 0 atom stereocenters. The van der Waals surface area contributed by atoms with Crippen molar-refractivity contribution in [1.29, 1.82) is 0 Å². The summed E-state index contributed by atoms with van der Waals surface area (Å²) < 4.78 is 26.3. The second kappa shape index (κ2) is 7.31. The Kier molecular flexibility index (Phi) is 5.13. The molecule has 1 aromatic carbocycles. The molecule has 0 spiro atoms. The molecule has 0 aliphatic carbocycles. The molecule has 2 heterocycles. The van der Waals surface area contributed by atoms with E-state index < -0.39 is 11.6 Å². The molecule has 0 bridgehead atoms. The highest BCUT2D eigenvalue weighted by Gasteiger charge is 2.23. The highest BCUT2D eigenvalue weighted by molar-refractivity contribution is 5.28. The number of likely N-dealkylation sites (tertiary alicyclic amines) is 1. The van der Waals surface area contributed by atoms with Gasteiger partial charge in [-0.15, -0.1) is 0 Å². The smallest absolute Gasteiger partial charge is 0.252 e. The van der Waals surface area contributed by atoms with Gasteiger partial charge in [0.1, 0.15) is 0 Å². The van der Waals surface area contributed by atoms with Crippen molar-refractivity contribution in [1.82, 2.24) is 14.9 Å². The van der Waals surface area contributed by atoms with Gasteiger partial charge in [-0.25, -0.2) is 13.8 Å². The molecule has 1 aliphatic rings. The predicted octanol–water partition coefficient (Wildman–Crippen LogP) is 2.49. The molecule has 134 valence electrons. The van der Waals surface area contributed by atoms with Crippen molar-refractivity contribution in [3.05, 3.63) is 57.5 Å². The molecular weight excluding hydrogens is 326 g/mol. The highest BCUT2D eigenvalue weighted by Crippen LogP contribution is 2.27. The van der Waals surface area contributed by atoms with Crippen molar-refractivity contribution in [2.45, 2.75) is 25.3 Å². The first kappa shape index (κ1) is 17.5. The fourth-order valence-corrected chi connectivity index (χ4v) is 3.17. The average Bonchev–Trinajstić information content (AvgIpc) is 2.58. The van der Waals surface area contributed by atoms with Gasteiger partial charge in [-0.05, 0) is 43.6 Å². The summed E-state index contributed by atoms with van der Waals surface area (Å²) in [6, 6.07) is 5.61. The number of nitrogens with one attached hydrogen (secondary N) is 1. The number of nitrogens with zero attached hydrogens (tertiary/aromatic N) is 3. The molecule has 1 aliphatic heterocycles. The molecule has 0 amide bonds. The summed E-state index contributed by atoms with van der Waals surface area (Å²) in [7, 11) is 3.68. The Balaban J connectivity index is 1.64. The fourth-order valence-electron chi connectivity index (χ4n) is 3.17. The molecule has 2 aromatic rings. The van der Waals surface area contributed by atoms with Crippen LogP contribution in [0.1, 0.15) is 30.0 Å². The van der Waals surface area contributed by atoms with Crippen LogP contribution in [0.25, 0.3) is 0 Å². The zero-order valence-electron chi connectivity index (χ0n) is 14.4. The van der Waals surface area contributed by atoms with Crippen LogP contribution in [0.5, 0.6) is 0 Å². The van der Waals surface area contributed by atoms with E-state index in [0.717, 1.165) is 37.2 Å². The topological polar surface area (TPSA) is 52.2 Å². The number of halogens is 2. The van der Waals surface area contributed by atoms with Crippen molar-refractivity contribution >= 4 is 5.95 Å². The Bertz CT molecular complexity index is 798. The number of rotatable bonds is 4. The largest absolute Gasteiger partial charge is 0.348 e. The maximum atomic E-state index is 13.3. The molecule has 25 heavy (non-hydrogen) atoms. The molecule has 1 saturated heterocycles. The van der Waals surface area contributed by atoms with Crippen LogP contribution >= 0.6 is 0 Å². The van der Waals surface area contributed by atoms with Crippen molar-refractivity contribution in [2.75, 3.05) is 32.1 Å². The van der Waals surface area contributed by atoms with E-state index in [4.69, 9.17) is 0 Å². The Hall–Kier alpha value is -2.28. The van der Waals surface area contributed by atoms with Gasteiger partial charge in [0, 0.05) is 32.6 Å². The summed E-state index contributed by atoms with van der Waals surface area (Å²) in [4.78, 5) is 23.1. The zero-order chi connectivity index (χ0) is 18.0. The van der Waals surface area contributed by atoms with Crippen molar-refractivity contribution < 1.29 is 8.78 Å². The van der Waals surface area contributed by atoms with Crippen LogP contribution < -0.4 is 10.5 Å². The molecule has 1 N–H and O–H groups in total. The van der Waals surface area contributed by atoms with Gasteiger partial charge in [0.2, 0.25) is 5.95 Å². The van der Waals surface area contributed by atoms with Crippen molar-refractivity contribution in [3.63, 3.8) is 0 Å². The molecule has 1 aromatic heterocycles. The zero-order valence-corrected chi connectivity index (χ0v) is 14.4. The molecule has 3 rings (SSSR count). The van der Waals surface area contributed by atoms with E-state index in [-0.39, 0.29) is 11.5 Å². The SMILES string of the molecule is CN(C)c1nc(C2CCN(Cc3ccc(F)c(F)c3)CC2)cc(=O)[nH]1. The Morgan fingerprint density at radius 3 is 2.56 bits per heavy atom. The van der Waals surface area contributed by atoms with Crippen LogP contribution in [0.4, 0.5) is 14.7 Å². The third-order valence-electron chi connectivity index (χ3n) is 4.57. The van der Waals surface area contributed by atoms with Crippen LogP contribution in [0.15, 0.2) is 29.1 Å². The van der Waals surface area contributed by atoms with Crippen LogP contribution in [0.3, 0.4) is 0 Å². The number of H-pyrrole nitrogens is 1. The highest BCUT2D eigenvalue weighted by atomic mass is 19.2. The lowest BCUT2D eigenvalue weighted by Crippen LogP contribution is -2.33. The molecule has 0 unspecified atom stereocenters. The van der Waals surface area contributed by atoms with E-state index in [2.05, 4.69) is 14.9 Å². The van der Waals surface area contributed by atoms with E-state index in [1.165, 1.54) is 12.1 Å². The van der Waals surface area contributed by atoms with Gasteiger partial charge in [-0.2, -0.15) is 0 Å². The first-order valence-electron chi connectivity index (χ1n) is 8.37. The molecule has 5 nitrogen and oxygen atoms in total. The number of benzene rings is 1. The van der Waals surface area contributed by atoms with Gasteiger partial charge in [0.05, 0.1) is 5.69 Å². The summed E-state index contributed by atoms with van der Waals surface area (Å²) in [6.07, 6.45) is 1.76. The third-order valence-corrected chi connectivity index (χ3v) is 4.57. The predicted molar refractivity (Wildman–Crippen MR) is 92.8 cm³/mol. The number of aromatic nitrogens is 2. The first-order valence-corrected chi connectivity index (χ1v) is 8.37. The minimum atomic E-state index is -0.820. The van der Waals surface area contributed by atoms with Gasteiger partial charge in [0.15, 0.2) is 11.6 Å². The maximum Gasteiger partial charge on any atom is 0.252 e. The summed E-state index contributed by atoms with van der Waals surface area (Å²) in [5, 5.41) is 0. The van der Waals surface area contributed by atoms with Gasteiger partial charge < -0.3 is 4.90 Å². The van der Waals surface area contributed by atoms with Gasteiger partial charge >= 0.3 is 0 Å². The van der Waals surface area contributed by atoms with E-state index in [9.17, 15) is 13.6 Å². The number of piperidine rings is 1. The minimum absolute atomic E-state index is 0.141. The normalized spacial score (nSPS) is 16.2. The number of aromatic amines is 1. The number of hydrogen-bond acceptors (Lipinski definition) is 4. The fraction of sp³-hybridized carbons (Fsp3) is 0.444. The summed E-state index contributed by atoms with van der Waals surface area (Å²) in [5.41, 5.74) is 1.44. The van der Waals surface area contributed by atoms with Crippen LogP contribution in [0, 0.1) is 11.6 Å². The monoisotopic (exact) mass is 348 g/mol. The molecule has 1 fully saturated rings. The Morgan fingerprint density at radius 1 is 1.20 bits per heavy atom. The Labute approximate surface area is 145 Å². The third kappa shape index (κ3) is 4.22. The van der Waals surface area contributed by atoms with Crippen molar-refractivity contribution in [3.8, 4) is 0 Å². The van der Waals surface area contributed by atoms with Gasteiger partial charge in [-0.1, -0.05) is 6.07 Å². The van der Waals surface area contributed by atoms with Crippen LogP contribution in [-0.2, 0) is 6.54 Å².